The first-order valence-corrected chi connectivity index (χ1v) is 9.50. The summed E-state index contributed by atoms with van der Waals surface area (Å²) in [5.74, 6) is 0.217. The second-order valence-electron chi connectivity index (χ2n) is 8.03. The second kappa shape index (κ2) is 9.40. The maximum atomic E-state index is 12.9. The Morgan fingerprint density at radius 2 is 1.75 bits per heavy atom. The fourth-order valence-corrected chi connectivity index (χ4v) is 2.77. The summed E-state index contributed by atoms with van der Waals surface area (Å²) in [6.45, 7) is 9.69. The van der Waals surface area contributed by atoms with Crippen molar-refractivity contribution in [3.63, 3.8) is 0 Å². The number of rotatable bonds is 7. The summed E-state index contributed by atoms with van der Waals surface area (Å²) in [5.41, 5.74) is 1.65. The summed E-state index contributed by atoms with van der Waals surface area (Å²) in [6.07, 6.45) is 0. The first-order valence-electron chi connectivity index (χ1n) is 9.50. The van der Waals surface area contributed by atoms with Crippen LogP contribution in [0.15, 0.2) is 54.6 Å². The van der Waals surface area contributed by atoms with Crippen LogP contribution in [0.3, 0.4) is 0 Å². The van der Waals surface area contributed by atoms with Crippen molar-refractivity contribution >= 4 is 11.8 Å². The van der Waals surface area contributed by atoms with Crippen LogP contribution in [0.25, 0.3) is 0 Å². The molecular formula is C23H30N2O3. The third-order valence-electron chi connectivity index (χ3n) is 4.21. The molecule has 5 nitrogen and oxygen atoms in total. The zero-order valence-corrected chi connectivity index (χ0v) is 17.4. The number of carbonyl (C=O) groups is 2. The molecule has 1 atom stereocenters. The molecule has 0 bridgehead atoms. The summed E-state index contributed by atoms with van der Waals surface area (Å²) in [6, 6.07) is 16.6. The van der Waals surface area contributed by atoms with Gasteiger partial charge in [-0.05, 0) is 57.9 Å². The maximum absolute atomic E-state index is 12.9. The number of carbonyl (C=O) groups excluding carboxylic acids is 2. The van der Waals surface area contributed by atoms with Crippen molar-refractivity contribution in [2.24, 2.45) is 0 Å². The second-order valence-corrected chi connectivity index (χ2v) is 8.03. The van der Waals surface area contributed by atoms with Crippen molar-refractivity contribution in [1.82, 2.24) is 10.2 Å². The minimum Gasteiger partial charge on any atom is -0.484 e. The van der Waals surface area contributed by atoms with Crippen LogP contribution < -0.4 is 10.1 Å². The van der Waals surface area contributed by atoms with E-state index in [1.165, 1.54) is 0 Å². The highest BCUT2D eigenvalue weighted by Gasteiger charge is 2.28. The average Bonchev–Trinajstić information content (AvgIpc) is 2.63. The van der Waals surface area contributed by atoms with E-state index in [9.17, 15) is 9.59 Å². The van der Waals surface area contributed by atoms with Crippen LogP contribution in [-0.2, 0) is 16.1 Å². The number of benzene rings is 2. The number of ether oxygens (including phenoxy) is 1. The van der Waals surface area contributed by atoms with E-state index in [1.807, 2.05) is 82.3 Å². The summed E-state index contributed by atoms with van der Waals surface area (Å²) < 4.78 is 5.68. The molecule has 150 valence electrons. The van der Waals surface area contributed by atoms with Crippen LogP contribution in [0.5, 0.6) is 5.75 Å². The van der Waals surface area contributed by atoms with Crippen LogP contribution in [0.1, 0.15) is 38.8 Å². The van der Waals surface area contributed by atoms with Gasteiger partial charge in [0.05, 0.1) is 0 Å². The van der Waals surface area contributed by atoms with E-state index in [2.05, 4.69) is 5.32 Å². The Labute approximate surface area is 167 Å². The van der Waals surface area contributed by atoms with Crippen molar-refractivity contribution in [1.29, 1.82) is 0 Å². The Bertz CT molecular complexity index is 797. The van der Waals surface area contributed by atoms with E-state index in [4.69, 9.17) is 4.74 Å². The molecule has 2 aromatic carbocycles. The molecule has 0 fully saturated rings. The summed E-state index contributed by atoms with van der Waals surface area (Å²) in [7, 11) is 0. The van der Waals surface area contributed by atoms with Gasteiger partial charge in [0.15, 0.2) is 6.61 Å². The highest BCUT2D eigenvalue weighted by molar-refractivity contribution is 5.88. The molecule has 2 amide bonds. The summed E-state index contributed by atoms with van der Waals surface area (Å²) in [4.78, 5) is 27.2. The Morgan fingerprint density at radius 3 is 2.36 bits per heavy atom. The lowest BCUT2D eigenvalue weighted by atomic mass is 10.1. The molecule has 5 heteroatoms. The highest BCUT2D eigenvalue weighted by Crippen LogP contribution is 2.15. The number of hydrogen-bond donors (Lipinski definition) is 1. The number of amides is 2. The lowest BCUT2D eigenvalue weighted by Crippen LogP contribution is -2.53. The third-order valence-corrected chi connectivity index (χ3v) is 4.21. The van der Waals surface area contributed by atoms with E-state index >= 15 is 0 Å². The number of hydrogen-bond acceptors (Lipinski definition) is 3. The molecule has 0 radical (unpaired) electrons. The molecule has 28 heavy (non-hydrogen) atoms. The van der Waals surface area contributed by atoms with E-state index in [0.29, 0.717) is 12.3 Å². The Kier molecular flexibility index (Phi) is 7.21. The zero-order chi connectivity index (χ0) is 20.7. The van der Waals surface area contributed by atoms with E-state index in [-0.39, 0.29) is 24.0 Å². The van der Waals surface area contributed by atoms with Gasteiger partial charge in [-0.1, -0.05) is 42.5 Å². The van der Waals surface area contributed by atoms with Crippen LogP contribution in [0.4, 0.5) is 0 Å². The lowest BCUT2D eigenvalue weighted by Gasteiger charge is -2.31. The van der Waals surface area contributed by atoms with Crippen LogP contribution in [0, 0.1) is 6.92 Å². The van der Waals surface area contributed by atoms with Gasteiger partial charge in [-0.25, -0.2) is 0 Å². The van der Waals surface area contributed by atoms with E-state index < -0.39 is 6.04 Å². The van der Waals surface area contributed by atoms with Crippen molar-refractivity contribution in [2.75, 3.05) is 6.61 Å². The van der Waals surface area contributed by atoms with Gasteiger partial charge in [0.1, 0.15) is 11.8 Å². The SMILES string of the molecule is Cc1cccc(OCC(=O)N(Cc2ccccc2)C(C)C(=O)NC(C)(C)C)c1. The van der Waals surface area contributed by atoms with Crippen molar-refractivity contribution in [3.05, 3.63) is 65.7 Å². The first kappa shape index (κ1) is 21.5. The van der Waals surface area contributed by atoms with E-state index in [1.54, 1.807) is 11.8 Å². The third kappa shape index (κ3) is 6.72. The van der Waals surface area contributed by atoms with Gasteiger partial charge >= 0.3 is 0 Å². The molecule has 2 aromatic rings. The van der Waals surface area contributed by atoms with Gasteiger partial charge < -0.3 is 15.0 Å². The molecule has 2 rings (SSSR count). The topological polar surface area (TPSA) is 58.6 Å². The molecule has 1 N–H and O–H groups in total. The molecule has 0 saturated heterocycles. The first-order chi connectivity index (χ1) is 13.2. The summed E-state index contributed by atoms with van der Waals surface area (Å²) >= 11 is 0. The average molecular weight is 383 g/mol. The normalized spacial score (nSPS) is 12.2. The molecule has 0 aromatic heterocycles. The highest BCUT2D eigenvalue weighted by atomic mass is 16.5. The maximum Gasteiger partial charge on any atom is 0.261 e. The number of nitrogens with zero attached hydrogens (tertiary/aromatic N) is 1. The predicted octanol–water partition coefficient (Wildman–Crippen LogP) is 3.71. The van der Waals surface area contributed by atoms with Crippen LogP contribution >= 0.6 is 0 Å². The van der Waals surface area contributed by atoms with Crippen molar-refractivity contribution < 1.29 is 14.3 Å². The minimum atomic E-state index is -0.618. The van der Waals surface area contributed by atoms with Gasteiger partial charge in [-0.15, -0.1) is 0 Å². The van der Waals surface area contributed by atoms with Gasteiger partial charge in [0, 0.05) is 12.1 Å². The monoisotopic (exact) mass is 382 g/mol. The standard InChI is InChI=1S/C23H30N2O3/c1-17-10-9-13-20(14-17)28-16-21(26)25(15-19-11-7-6-8-12-19)18(2)22(27)24-23(3,4)5/h6-14,18H,15-16H2,1-5H3,(H,24,27). The molecular weight excluding hydrogens is 352 g/mol. The zero-order valence-electron chi connectivity index (χ0n) is 17.4. The van der Waals surface area contributed by atoms with Gasteiger partial charge in [-0.3, -0.25) is 9.59 Å². The minimum absolute atomic E-state index is 0.122. The summed E-state index contributed by atoms with van der Waals surface area (Å²) in [5, 5.41) is 2.95. The molecule has 0 aliphatic rings. The van der Waals surface area contributed by atoms with E-state index in [0.717, 1.165) is 11.1 Å². The van der Waals surface area contributed by atoms with Gasteiger partial charge in [0.2, 0.25) is 5.91 Å². The van der Waals surface area contributed by atoms with Gasteiger partial charge in [-0.2, -0.15) is 0 Å². The fourth-order valence-electron chi connectivity index (χ4n) is 2.77. The number of aryl methyl sites for hydroxylation is 1. The van der Waals surface area contributed by atoms with Crippen LogP contribution in [-0.4, -0.2) is 34.9 Å². The quantitative estimate of drug-likeness (QED) is 0.794. The van der Waals surface area contributed by atoms with Gasteiger partial charge in [0.25, 0.3) is 5.91 Å². The fraction of sp³-hybridized carbons (Fsp3) is 0.391. The smallest absolute Gasteiger partial charge is 0.261 e. The Balaban J connectivity index is 2.14. The molecule has 0 saturated carbocycles. The molecule has 0 heterocycles. The number of nitrogens with one attached hydrogen (secondary N) is 1. The van der Waals surface area contributed by atoms with Crippen molar-refractivity contribution in [2.45, 2.75) is 52.7 Å². The molecule has 0 aliphatic heterocycles. The Morgan fingerprint density at radius 1 is 1.07 bits per heavy atom. The largest absolute Gasteiger partial charge is 0.484 e. The predicted molar refractivity (Wildman–Crippen MR) is 111 cm³/mol. The van der Waals surface area contributed by atoms with Crippen molar-refractivity contribution in [3.8, 4) is 5.75 Å². The molecule has 1 unspecified atom stereocenters. The molecule has 0 spiro atoms. The Hall–Kier alpha value is -2.82. The molecule has 0 aliphatic carbocycles. The van der Waals surface area contributed by atoms with Crippen LogP contribution in [0.2, 0.25) is 0 Å². The lowest BCUT2D eigenvalue weighted by molar-refractivity contribution is -0.142.